The van der Waals surface area contributed by atoms with Gasteiger partial charge < -0.3 is 4.42 Å². The molecule has 0 unspecified atom stereocenters. The van der Waals surface area contributed by atoms with Crippen molar-refractivity contribution >= 4 is 32.7 Å². The van der Waals surface area contributed by atoms with Gasteiger partial charge in [-0.15, -0.1) is 0 Å². The van der Waals surface area contributed by atoms with Gasteiger partial charge in [0.05, 0.1) is 5.69 Å². The Bertz CT molecular complexity index is 1500. The molecular weight excluding hydrogens is 354 g/mol. The SMILES string of the molecule is c1ccc(-c2ccc(-c3cc4ccccc4cn3)c3oc4ccccc4c23)cc1. The fourth-order valence-electron chi connectivity index (χ4n) is 4.12. The van der Waals surface area contributed by atoms with Crippen molar-refractivity contribution in [1.82, 2.24) is 4.98 Å². The molecule has 0 aliphatic carbocycles. The van der Waals surface area contributed by atoms with E-state index in [1.807, 2.05) is 30.5 Å². The van der Waals surface area contributed by atoms with Crippen LogP contribution in [-0.4, -0.2) is 4.98 Å². The summed E-state index contributed by atoms with van der Waals surface area (Å²) in [7, 11) is 0. The molecule has 0 saturated heterocycles. The number of rotatable bonds is 2. The molecule has 0 atom stereocenters. The van der Waals surface area contributed by atoms with Gasteiger partial charge >= 0.3 is 0 Å². The van der Waals surface area contributed by atoms with E-state index in [1.165, 1.54) is 16.5 Å². The molecule has 0 bridgehead atoms. The zero-order valence-corrected chi connectivity index (χ0v) is 15.7. The van der Waals surface area contributed by atoms with Crippen LogP contribution in [0.15, 0.2) is 108 Å². The van der Waals surface area contributed by atoms with E-state index >= 15 is 0 Å². The Labute approximate surface area is 168 Å². The van der Waals surface area contributed by atoms with Gasteiger partial charge in [-0.2, -0.15) is 0 Å². The molecule has 0 saturated carbocycles. The number of furan rings is 1. The van der Waals surface area contributed by atoms with Crippen LogP contribution in [0.4, 0.5) is 0 Å². The molecule has 0 N–H and O–H groups in total. The van der Waals surface area contributed by atoms with Gasteiger partial charge in [-0.25, -0.2) is 0 Å². The zero-order chi connectivity index (χ0) is 19.2. The van der Waals surface area contributed by atoms with Crippen LogP contribution in [0.5, 0.6) is 0 Å². The van der Waals surface area contributed by atoms with Crippen LogP contribution in [0.1, 0.15) is 0 Å². The number of benzene rings is 4. The van der Waals surface area contributed by atoms with Crippen LogP contribution in [0.2, 0.25) is 0 Å². The van der Waals surface area contributed by atoms with E-state index in [0.717, 1.165) is 38.6 Å². The molecule has 0 radical (unpaired) electrons. The maximum Gasteiger partial charge on any atom is 0.145 e. The second-order valence-corrected chi connectivity index (χ2v) is 7.25. The molecule has 2 heterocycles. The van der Waals surface area contributed by atoms with Crippen molar-refractivity contribution in [2.45, 2.75) is 0 Å². The predicted molar refractivity (Wildman–Crippen MR) is 120 cm³/mol. The number of hydrogen-bond donors (Lipinski definition) is 0. The summed E-state index contributed by atoms with van der Waals surface area (Å²) in [5.74, 6) is 0. The highest BCUT2D eigenvalue weighted by Gasteiger charge is 2.17. The molecule has 6 aromatic rings. The van der Waals surface area contributed by atoms with E-state index < -0.39 is 0 Å². The van der Waals surface area contributed by atoms with Gasteiger partial charge in [-0.3, -0.25) is 4.98 Å². The first-order chi connectivity index (χ1) is 14.4. The van der Waals surface area contributed by atoms with Crippen molar-refractivity contribution < 1.29 is 4.42 Å². The first-order valence-corrected chi connectivity index (χ1v) is 9.73. The van der Waals surface area contributed by atoms with Crippen LogP contribution in [0.25, 0.3) is 55.1 Å². The van der Waals surface area contributed by atoms with Gasteiger partial charge in [0.2, 0.25) is 0 Å². The van der Waals surface area contributed by atoms with Crippen molar-refractivity contribution in [2.24, 2.45) is 0 Å². The normalized spacial score (nSPS) is 11.4. The Morgan fingerprint density at radius 1 is 0.621 bits per heavy atom. The molecule has 2 heteroatoms. The highest BCUT2D eigenvalue weighted by molar-refractivity contribution is 6.16. The van der Waals surface area contributed by atoms with Gasteiger partial charge in [0, 0.05) is 27.9 Å². The lowest BCUT2D eigenvalue weighted by Gasteiger charge is -2.08. The lowest BCUT2D eigenvalue weighted by molar-refractivity contribution is 0.670. The third-order valence-electron chi connectivity index (χ3n) is 5.52. The minimum absolute atomic E-state index is 0.885. The molecule has 4 aromatic carbocycles. The Morgan fingerprint density at radius 2 is 1.34 bits per heavy atom. The number of hydrogen-bond acceptors (Lipinski definition) is 2. The Kier molecular flexibility index (Phi) is 3.50. The van der Waals surface area contributed by atoms with Crippen molar-refractivity contribution in [1.29, 1.82) is 0 Å². The molecule has 0 aliphatic rings. The maximum absolute atomic E-state index is 6.37. The van der Waals surface area contributed by atoms with Gasteiger partial charge in [0.15, 0.2) is 0 Å². The van der Waals surface area contributed by atoms with Crippen LogP contribution < -0.4 is 0 Å². The minimum atomic E-state index is 0.885. The maximum atomic E-state index is 6.37. The summed E-state index contributed by atoms with van der Waals surface area (Å²) in [6.45, 7) is 0. The van der Waals surface area contributed by atoms with Crippen molar-refractivity contribution in [3.63, 3.8) is 0 Å². The Morgan fingerprint density at radius 3 is 2.24 bits per heavy atom. The summed E-state index contributed by atoms with van der Waals surface area (Å²) in [6, 6.07) is 33.5. The van der Waals surface area contributed by atoms with E-state index in [-0.39, 0.29) is 0 Å². The van der Waals surface area contributed by atoms with Gasteiger partial charge in [0.25, 0.3) is 0 Å². The van der Waals surface area contributed by atoms with Gasteiger partial charge in [0.1, 0.15) is 11.2 Å². The van der Waals surface area contributed by atoms with E-state index in [0.29, 0.717) is 0 Å². The molecule has 0 spiro atoms. The number of para-hydroxylation sites is 1. The van der Waals surface area contributed by atoms with Crippen molar-refractivity contribution in [2.75, 3.05) is 0 Å². The standard InChI is InChI=1S/C27H17NO/c1-2-8-18(9-3-1)21-14-15-22(24-16-19-10-4-5-11-20(19)17-28-24)27-26(21)23-12-6-7-13-25(23)29-27/h1-17H. The van der Waals surface area contributed by atoms with Crippen molar-refractivity contribution in [3.05, 3.63) is 103 Å². The Hall–Kier alpha value is -3.91. The molecule has 0 amide bonds. The average Bonchev–Trinajstić information content (AvgIpc) is 3.18. The summed E-state index contributed by atoms with van der Waals surface area (Å²) < 4.78 is 6.37. The lowest BCUT2D eigenvalue weighted by atomic mass is 9.96. The number of nitrogens with zero attached hydrogens (tertiary/aromatic N) is 1. The molecular formula is C27H17NO. The minimum Gasteiger partial charge on any atom is -0.455 e. The van der Waals surface area contributed by atoms with Gasteiger partial charge in [-0.1, -0.05) is 78.9 Å². The van der Waals surface area contributed by atoms with Crippen LogP contribution in [-0.2, 0) is 0 Å². The van der Waals surface area contributed by atoms with Crippen LogP contribution >= 0.6 is 0 Å². The topological polar surface area (TPSA) is 26.0 Å². The average molecular weight is 371 g/mol. The van der Waals surface area contributed by atoms with E-state index in [1.54, 1.807) is 0 Å². The summed E-state index contributed by atoms with van der Waals surface area (Å²) >= 11 is 0. The van der Waals surface area contributed by atoms with Crippen LogP contribution in [0, 0.1) is 0 Å². The quantitative estimate of drug-likeness (QED) is 0.315. The molecule has 29 heavy (non-hydrogen) atoms. The monoisotopic (exact) mass is 371 g/mol. The molecule has 136 valence electrons. The summed E-state index contributed by atoms with van der Waals surface area (Å²) in [5, 5.41) is 4.58. The molecule has 2 aromatic heterocycles. The first-order valence-electron chi connectivity index (χ1n) is 9.73. The lowest BCUT2D eigenvalue weighted by Crippen LogP contribution is -1.87. The van der Waals surface area contributed by atoms with Crippen LogP contribution in [0.3, 0.4) is 0 Å². The number of fused-ring (bicyclic) bond motifs is 4. The summed E-state index contributed by atoms with van der Waals surface area (Å²) in [6.07, 6.45) is 1.93. The first kappa shape index (κ1) is 16.1. The molecule has 2 nitrogen and oxygen atoms in total. The van der Waals surface area contributed by atoms with E-state index in [2.05, 4.69) is 72.8 Å². The Balaban J connectivity index is 1.70. The third kappa shape index (κ3) is 2.54. The molecule has 6 rings (SSSR count). The third-order valence-corrected chi connectivity index (χ3v) is 5.52. The van der Waals surface area contributed by atoms with Gasteiger partial charge in [-0.05, 0) is 34.7 Å². The zero-order valence-electron chi connectivity index (χ0n) is 15.7. The number of aromatic nitrogens is 1. The smallest absolute Gasteiger partial charge is 0.145 e. The summed E-state index contributed by atoms with van der Waals surface area (Å²) in [4.78, 5) is 4.74. The second kappa shape index (κ2) is 6.32. The number of pyridine rings is 1. The van der Waals surface area contributed by atoms with E-state index in [4.69, 9.17) is 9.40 Å². The predicted octanol–water partition coefficient (Wildman–Crippen LogP) is 7.47. The highest BCUT2D eigenvalue weighted by atomic mass is 16.3. The van der Waals surface area contributed by atoms with E-state index in [9.17, 15) is 0 Å². The highest BCUT2D eigenvalue weighted by Crippen LogP contribution is 2.41. The second-order valence-electron chi connectivity index (χ2n) is 7.25. The summed E-state index contributed by atoms with van der Waals surface area (Å²) in [5.41, 5.74) is 6.08. The fourth-order valence-corrected chi connectivity index (χ4v) is 4.12. The van der Waals surface area contributed by atoms with Crippen molar-refractivity contribution in [3.8, 4) is 22.4 Å². The molecule has 0 aliphatic heterocycles. The largest absolute Gasteiger partial charge is 0.455 e. The molecule has 0 fully saturated rings. The fraction of sp³-hybridized carbons (Fsp3) is 0.